The SMILES string of the molecule is NCC12C3C4C1C1C2C3C41CO. The minimum atomic E-state index is 0.483. The fourth-order valence-electron chi connectivity index (χ4n) is 6.70. The topological polar surface area (TPSA) is 46.2 Å². The molecule has 2 nitrogen and oxygen atoms in total. The van der Waals surface area contributed by atoms with E-state index in [2.05, 4.69) is 0 Å². The highest BCUT2D eigenvalue weighted by atomic mass is 16.3. The Morgan fingerprint density at radius 3 is 1.67 bits per heavy atom. The van der Waals surface area contributed by atoms with Crippen molar-refractivity contribution in [1.82, 2.24) is 0 Å². The number of hydrogen-bond donors (Lipinski definition) is 2. The van der Waals surface area contributed by atoms with Crippen LogP contribution in [0.25, 0.3) is 0 Å². The third kappa shape index (κ3) is 0.182. The Kier molecular flexibility index (Phi) is 0.493. The quantitative estimate of drug-likeness (QED) is 0.586. The average molecular weight is 163 g/mol. The van der Waals surface area contributed by atoms with Crippen molar-refractivity contribution in [2.45, 2.75) is 0 Å². The number of hydrogen-bond acceptors (Lipinski definition) is 2. The van der Waals surface area contributed by atoms with Crippen LogP contribution in [0.2, 0.25) is 0 Å². The molecule has 6 aliphatic carbocycles. The number of nitrogens with two attached hydrogens (primary N) is 1. The van der Waals surface area contributed by atoms with Crippen molar-refractivity contribution in [1.29, 1.82) is 0 Å². The van der Waals surface area contributed by atoms with Crippen LogP contribution in [-0.4, -0.2) is 18.3 Å². The number of aliphatic hydroxyl groups is 1. The smallest absolute Gasteiger partial charge is 0.0496 e. The molecule has 12 heavy (non-hydrogen) atoms. The fourth-order valence-corrected chi connectivity index (χ4v) is 6.70. The Bertz CT molecular complexity index is 238. The van der Waals surface area contributed by atoms with Crippen molar-refractivity contribution in [3.05, 3.63) is 0 Å². The lowest BCUT2D eigenvalue weighted by atomic mass is 8.92. The predicted molar refractivity (Wildman–Crippen MR) is 41.9 cm³/mol. The molecule has 0 amide bonds. The van der Waals surface area contributed by atoms with Crippen molar-refractivity contribution in [3.8, 4) is 0 Å². The molecule has 0 aliphatic heterocycles. The Hall–Kier alpha value is -0.0800. The van der Waals surface area contributed by atoms with E-state index in [1.807, 2.05) is 0 Å². The van der Waals surface area contributed by atoms with Gasteiger partial charge in [0.1, 0.15) is 0 Å². The van der Waals surface area contributed by atoms with Crippen LogP contribution in [-0.2, 0) is 0 Å². The lowest BCUT2D eigenvalue weighted by molar-refractivity contribution is -0.657. The minimum Gasteiger partial charge on any atom is -0.396 e. The van der Waals surface area contributed by atoms with Gasteiger partial charge in [-0.1, -0.05) is 0 Å². The zero-order valence-electron chi connectivity index (χ0n) is 6.90. The Morgan fingerprint density at radius 2 is 1.33 bits per heavy atom. The third-order valence-electron chi connectivity index (χ3n) is 6.67. The molecular weight excluding hydrogens is 150 g/mol. The van der Waals surface area contributed by atoms with E-state index in [1.165, 1.54) is 0 Å². The van der Waals surface area contributed by atoms with E-state index in [4.69, 9.17) is 5.73 Å². The van der Waals surface area contributed by atoms with Gasteiger partial charge in [0.2, 0.25) is 0 Å². The van der Waals surface area contributed by atoms with Crippen LogP contribution in [0.3, 0.4) is 0 Å². The first-order valence-corrected chi connectivity index (χ1v) is 5.16. The third-order valence-corrected chi connectivity index (χ3v) is 6.67. The van der Waals surface area contributed by atoms with Crippen molar-refractivity contribution in [2.24, 2.45) is 52.1 Å². The Balaban J connectivity index is 1.67. The van der Waals surface area contributed by atoms with Crippen LogP contribution in [0.4, 0.5) is 0 Å². The molecule has 0 radical (unpaired) electrons. The zero-order valence-corrected chi connectivity index (χ0v) is 6.90. The van der Waals surface area contributed by atoms with Crippen LogP contribution in [0.15, 0.2) is 0 Å². The lowest BCUT2D eigenvalue weighted by Gasteiger charge is -3.11. The molecule has 0 heterocycles. The van der Waals surface area contributed by atoms with Gasteiger partial charge in [0.15, 0.2) is 0 Å². The van der Waals surface area contributed by atoms with Gasteiger partial charge in [-0.25, -0.2) is 0 Å². The summed E-state index contributed by atoms with van der Waals surface area (Å²) >= 11 is 0. The van der Waals surface area contributed by atoms with E-state index in [0.717, 1.165) is 42.1 Å². The van der Waals surface area contributed by atoms with Gasteiger partial charge < -0.3 is 10.8 Å². The molecule has 6 rings (SSSR count). The van der Waals surface area contributed by atoms with Crippen molar-refractivity contribution in [2.75, 3.05) is 13.2 Å². The van der Waals surface area contributed by atoms with E-state index in [-0.39, 0.29) is 0 Å². The molecule has 6 fully saturated rings. The van der Waals surface area contributed by atoms with E-state index < -0.39 is 0 Å². The molecular formula is C10H13NO. The summed E-state index contributed by atoms with van der Waals surface area (Å²) in [6.07, 6.45) is 0. The van der Waals surface area contributed by atoms with Gasteiger partial charge in [-0.2, -0.15) is 0 Å². The van der Waals surface area contributed by atoms with Crippen LogP contribution >= 0.6 is 0 Å². The summed E-state index contributed by atoms with van der Waals surface area (Å²) in [5, 5.41) is 9.34. The van der Waals surface area contributed by atoms with Gasteiger partial charge in [-0.05, 0) is 47.5 Å². The van der Waals surface area contributed by atoms with E-state index >= 15 is 0 Å². The molecule has 64 valence electrons. The van der Waals surface area contributed by atoms with E-state index in [0.29, 0.717) is 17.4 Å². The summed E-state index contributed by atoms with van der Waals surface area (Å²) in [6.45, 7) is 1.43. The predicted octanol–water partition coefficient (Wildman–Crippen LogP) is -0.325. The molecule has 0 atom stereocenters. The maximum Gasteiger partial charge on any atom is 0.0496 e. The number of aliphatic hydroxyl groups excluding tert-OH is 1. The summed E-state index contributed by atoms with van der Waals surface area (Å²) in [4.78, 5) is 0. The highest BCUT2D eigenvalue weighted by Gasteiger charge is 3.08. The van der Waals surface area contributed by atoms with Gasteiger partial charge in [-0.3, -0.25) is 0 Å². The van der Waals surface area contributed by atoms with Crippen LogP contribution in [0.1, 0.15) is 0 Å². The Morgan fingerprint density at radius 1 is 0.917 bits per heavy atom. The van der Waals surface area contributed by atoms with Crippen molar-refractivity contribution < 1.29 is 5.11 Å². The van der Waals surface area contributed by atoms with E-state index in [9.17, 15) is 5.11 Å². The first kappa shape index (κ1) is 5.61. The van der Waals surface area contributed by atoms with Gasteiger partial charge in [0, 0.05) is 12.0 Å². The van der Waals surface area contributed by atoms with Crippen LogP contribution < -0.4 is 5.73 Å². The molecule has 0 aromatic carbocycles. The van der Waals surface area contributed by atoms with Gasteiger partial charge in [0.05, 0.1) is 0 Å². The summed E-state index contributed by atoms with van der Waals surface area (Å²) in [5.41, 5.74) is 6.98. The first-order valence-electron chi connectivity index (χ1n) is 5.16. The summed E-state index contributed by atoms with van der Waals surface area (Å²) in [6, 6.07) is 0. The molecule has 0 bridgehead atoms. The van der Waals surface area contributed by atoms with Gasteiger partial charge in [-0.15, -0.1) is 0 Å². The van der Waals surface area contributed by atoms with Crippen molar-refractivity contribution in [3.63, 3.8) is 0 Å². The monoisotopic (exact) mass is 163 g/mol. The largest absolute Gasteiger partial charge is 0.396 e. The highest BCUT2D eigenvalue weighted by Crippen LogP contribution is 3.09. The second kappa shape index (κ2) is 1.05. The first-order chi connectivity index (χ1) is 5.85. The standard InChI is InChI=1S/C10H13NO/c11-1-9-3-6-4(9)8-5(9)7(3)10(6,8)2-12/h3-8,12H,1-2,11H2. The molecule has 0 aromatic rings. The second-order valence-corrected chi connectivity index (χ2v) is 5.74. The zero-order chi connectivity index (χ0) is 7.88. The maximum absolute atomic E-state index is 9.34. The molecule has 6 saturated carbocycles. The molecule has 0 saturated heterocycles. The maximum atomic E-state index is 9.34. The molecule has 2 heteroatoms. The van der Waals surface area contributed by atoms with Crippen LogP contribution in [0.5, 0.6) is 0 Å². The fraction of sp³-hybridized carbons (Fsp3) is 1.00. The van der Waals surface area contributed by atoms with Gasteiger partial charge >= 0.3 is 0 Å². The molecule has 3 N–H and O–H groups in total. The summed E-state index contributed by atoms with van der Waals surface area (Å²) in [7, 11) is 0. The second-order valence-electron chi connectivity index (χ2n) is 5.74. The summed E-state index contributed by atoms with van der Waals surface area (Å²) < 4.78 is 0. The van der Waals surface area contributed by atoms with Crippen molar-refractivity contribution >= 4 is 0 Å². The molecule has 0 unspecified atom stereocenters. The Labute approximate surface area is 71.1 Å². The molecule has 0 aromatic heterocycles. The molecule has 0 spiro atoms. The highest BCUT2D eigenvalue weighted by molar-refractivity contribution is 5.55. The summed E-state index contributed by atoms with van der Waals surface area (Å²) in [5.74, 6) is 5.75. The lowest BCUT2D eigenvalue weighted by Crippen LogP contribution is -3.11. The average Bonchev–Trinajstić information content (AvgIpc) is 2.17. The van der Waals surface area contributed by atoms with Gasteiger partial charge in [0.25, 0.3) is 0 Å². The van der Waals surface area contributed by atoms with Crippen LogP contribution in [0, 0.1) is 46.3 Å². The minimum absolute atomic E-state index is 0.483. The van der Waals surface area contributed by atoms with E-state index in [1.54, 1.807) is 0 Å². The number of rotatable bonds is 2. The normalized spacial score (nSPS) is 88.5. The molecule has 6 aliphatic rings.